The Balaban J connectivity index is 2.22. The third kappa shape index (κ3) is 4.10. The molecule has 0 aromatic rings. The van der Waals surface area contributed by atoms with Crippen LogP contribution in [-0.2, 0) is 9.53 Å². The molecule has 0 aliphatic carbocycles. The van der Waals surface area contributed by atoms with Crippen molar-refractivity contribution in [1.82, 2.24) is 4.90 Å². The van der Waals surface area contributed by atoms with E-state index in [0.717, 1.165) is 32.4 Å². The molecule has 94 valence electrons. The summed E-state index contributed by atoms with van der Waals surface area (Å²) < 4.78 is 4.94. The number of likely N-dealkylation sites (tertiary alicyclic amines) is 1. The van der Waals surface area contributed by atoms with Crippen LogP contribution in [0.15, 0.2) is 0 Å². The molecular formula is C12H24N2O2. The quantitative estimate of drug-likeness (QED) is 0.714. The number of hydrogen-bond acceptors (Lipinski definition) is 3. The molecule has 0 spiro atoms. The minimum atomic E-state index is 0.255. The first-order valence-electron chi connectivity index (χ1n) is 6.17. The monoisotopic (exact) mass is 228 g/mol. The van der Waals surface area contributed by atoms with Crippen LogP contribution in [0.4, 0.5) is 0 Å². The largest absolute Gasteiger partial charge is 0.385 e. The van der Waals surface area contributed by atoms with Crippen LogP contribution < -0.4 is 5.73 Å². The third-order valence-electron chi connectivity index (χ3n) is 3.37. The molecule has 4 heteroatoms. The van der Waals surface area contributed by atoms with Crippen molar-refractivity contribution in [3.05, 3.63) is 0 Å². The summed E-state index contributed by atoms with van der Waals surface area (Å²) in [6.45, 7) is 4.47. The van der Waals surface area contributed by atoms with E-state index in [4.69, 9.17) is 10.5 Å². The highest BCUT2D eigenvalue weighted by molar-refractivity contribution is 5.76. The van der Waals surface area contributed by atoms with Crippen molar-refractivity contribution in [3.8, 4) is 0 Å². The SMILES string of the molecule is COCCCC(=O)N1CCC(C(C)N)CC1. The first kappa shape index (κ1) is 13.5. The Kier molecular flexibility index (Phi) is 5.77. The average Bonchev–Trinajstić information content (AvgIpc) is 2.29. The van der Waals surface area contributed by atoms with Gasteiger partial charge in [0.25, 0.3) is 0 Å². The van der Waals surface area contributed by atoms with Crippen molar-refractivity contribution >= 4 is 5.91 Å². The number of ether oxygens (including phenoxy) is 1. The van der Waals surface area contributed by atoms with E-state index < -0.39 is 0 Å². The standard InChI is InChI=1S/C12H24N2O2/c1-10(13)11-5-7-14(8-6-11)12(15)4-3-9-16-2/h10-11H,3-9,13H2,1-2H3. The van der Waals surface area contributed by atoms with Gasteiger partial charge in [0, 0.05) is 39.3 Å². The summed E-state index contributed by atoms with van der Waals surface area (Å²) in [6, 6.07) is 0.255. The molecule has 1 heterocycles. The molecule has 1 atom stereocenters. The van der Waals surface area contributed by atoms with Crippen LogP contribution in [0, 0.1) is 5.92 Å². The molecule has 0 aromatic heterocycles. The zero-order chi connectivity index (χ0) is 12.0. The number of methoxy groups -OCH3 is 1. The predicted molar refractivity (Wildman–Crippen MR) is 64.1 cm³/mol. The first-order valence-corrected chi connectivity index (χ1v) is 6.17. The Hall–Kier alpha value is -0.610. The first-order chi connectivity index (χ1) is 7.65. The Morgan fingerprint density at radius 1 is 1.50 bits per heavy atom. The molecule has 1 unspecified atom stereocenters. The zero-order valence-electron chi connectivity index (χ0n) is 10.4. The van der Waals surface area contributed by atoms with Gasteiger partial charge < -0.3 is 15.4 Å². The fourth-order valence-corrected chi connectivity index (χ4v) is 2.20. The molecule has 1 fully saturated rings. The van der Waals surface area contributed by atoms with Gasteiger partial charge in [0.1, 0.15) is 0 Å². The maximum Gasteiger partial charge on any atom is 0.222 e. The van der Waals surface area contributed by atoms with Crippen molar-refractivity contribution in [2.75, 3.05) is 26.8 Å². The van der Waals surface area contributed by atoms with E-state index in [1.807, 2.05) is 4.90 Å². The van der Waals surface area contributed by atoms with E-state index in [9.17, 15) is 4.79 Å². The average molecular weight is 228 g/mol. The fourth-order valence-electron chi connectivity index (χ4n) is 2.20. The van der Waals surface area contributed by atoms with E-state index in [2.05, 4.69) is 6.92 Å². The van der Waals surface area contributed by atoms with Crippen molar-refractivity contribution in [2.45, 2.75) is 38.6 Å². The minimum absolute atomic E-state index is 0.255. The van der Waals surface area contributed by atoms with Crippen LogP contribution in [0.1, 0.15) is 32.6 Å². The Bertz CT molecular complexity index is 211. The van der Waals surface area contributed by atoms with E-state index >= 15 is 0 Å². The summed E-state index contributed by atoms with van der Waals surface area (Å²) in [6.07, 6.45) is 3.53. The van der Waals surface area contributed by atoms with Gasteiger partial charge in [-0.05, 0) is 32.1 Å². The van der Waals surface area contributed by atoms with Crippen LogP contribution in [0.2, 0.25) is 0 Å². The van der Waals surface area contributed by atoms with Gasteiger partial charge >= 0.3 is 0 Å². The molecule has 1 rings (SSSR count). The smallest absolute Gasteiger partial charge is 0.222 e. The normalized spacial score (nSPS) is 19.8. The number of carbonyl (C=O) groups is 1. The van der Waals surface area contributed by atoms with Crippen LogP contribution in [0.5, 0.6) is 0 Å². The lowest BCUT2D eigenvalue weighted by Gasteiger charge is -2.33. The van der Waals surface area contributed by atoms with Gasteiger partial charge in [-0.3, -0.25) is 4.79 Å². The number of nitrogens with two attached hydrogens (primary N) is 1. The summed E-state index contributed by atoms with van der Waals surface area (Å²) in [5, 5.41) is 0. The summed E-state index contributed by atoms with van der Waals surface area (Å²) in [7, 11) is 1.67. The Labute approximate surface area is 98.1 Å². The van der Waals surface area contributed by atoms with Gasteiger partial charge in [-0.2, -0.15) is 0 Å². The fraction of sp³-hybridized carbons (Fsp3) is 0.917. The highest BCUT2D eigenvalue weighted by atomic mass is 16.5. The van der Waals surface area contributed by atoms with Gasteiger partial charge in [0.15, 0.2) is 0 Å². The molecule has 1 aliphatic rings. The Morgan fingerprint density at radius 3 is 2.62 bits per heavy atom. The Morgan fingerprint density at radius 2 is 2.12 bits per heavy atom. The van der Waals surface area contributed by atoms with Crippen molar-refractivity contribution in [1.29, 1.82) is 0 Å². The maximum absolute atomic E-state index is 11.8. The maximum atomic E-state index is 11.8. The topological polar surface area (TPSA) is 55.6 Å². The van der Waals surface area contributed by atoms with Gasteiger partial charge in [0.05, 0.1) is 0 Å². The van der Waals surface area contributed by atoms with E-state index in [1.54, 1.807) is 7.11 Å². The zero-order valence-corrected chi connectivity index (χ0v) is 10.4. The molecular weight excluding hydrogens is 204 g/mol. The molecule has 0 aromatic carbocycles. The molecule has 1 amide bonds. The van der Waals surface area contributed by atoms with Crippen LogP contribution in [0.25, 0.3) is 0 Å². The minimum Gasteiger partial charge on any atom is -0.385 e. The van der Waals surface area contributed by atoms with Gasteiger partial charge in [-0.1, -0.05) is 0 Å². The highest BCUT2D eigenvalue weighted by Gasteiger charge is 2.24. The number of amides is 1. The number of piperidine rings is 1. The summed E-state index contributed by atoms with van der Waals surface area (Å²) >= 11 is 0. The van der Waals surface area contributed by atoms with Crippen molar-refractivity contribution < 1.29 is 9.53 Å². The highest BCUT2D eigenvalue weighted by Crippen LogP contribution is 2.20. The molecule has 1 saturated heterocycles. The molecule has 1 aliphatic heterocycles. The number of carbonyl (C=O) groups excluding carboxylic acids is 1. The van der Waals surface area contributed by atoms with Gasteiger partial charge in [-0.15, -0.1) is 0 Å². The van der Waals surface area contributed by atoms with Crippen LogP contribution in [-0.4, -0.2) is 43.7 Å². The molecule has 0 saturated carbocycles. The predicted octanol–water partition coefficient (Wildman–Crippen LogP) is 0.999. The van der Waals surface area contributed by atoms with Crippen LogP contribution in [0.3, 0.4) is 0 Å². The van der Waals surface area contributed by atoms with E-state index in [0.29, 0.717) is 18.9 Å². The van der Waals surface area contributed by atoms with Gasteiger partial charge in [-0.25, -0.2) is 0 Å². The van der Waals surface area contributed by atoms with Crippen LogP contribution >= 0.6 is 0 Å². The number of rotatable bonds is 5. The van der Waals surface area contributed by atoms with Crippen molar-refractivity contribution in [2.24, 2.45) is 11.7 Å². The third-order valence-corrected chi connectivity index (χ3v) is 3.37. The second kappa shape index (κ2) is 6.86. The molecule has 0 bridgehead atoms. The van der Waals surface area contributed by atoms with E-state index in [1.165, 1.54) is 0 Å². The summed E-state index contributed by atoms with van der Waals surface area (Å²) in [4.78, 5) is 13.8. The lowest BCUT2D eigenvalue weighted by molar-refractivity contribution is -0.133. The number of hydrogen-bond donors (Lipinski definition) is 1. The molecule has 2 N–H and O–H groups in total. The summed E-state index contributed by atoms with van der Waals surface area (Å²) in [5.41, 5.74) is 5.87. The lowest BCUT2D eigenvalue weighted by atomic mass is 9.91. The second-order valence-electron chi connectivity index (χ2n) is 4.67. The number of nitrogens with zero attached hydrogens (tertiary/aromatic N) is 1. The molecule has 16 heavy (non-hydrogen) atoms. The van der Waals surface area contributed by atoms with E-state index in [-0.39, 0.29) is 11.9 Å². The lowest BCUT2D eigenvalue weighted by Crippen LogP contribution is -2.42. The molecule has 0 radical (unpaired) electrons. The van der Waals surface area contributed by atoms with Crippen molar-refractivity contribution in [3.63, 3.8) is 0 Å². The second-order valence-corrected chi connectivity index (χ2v) is 4.67. The molecule has 4 nitrogen and oxygen atoms in total. The van der Waals surface area contributed by atoms with Gasteiger partial charge in [0.2, 0.25) is 5.91 Å². The summed E-state index contributed by atoms with van der Waals surface area (Å²) in [5.74, 6) is 0.850.